The maximum Gasteiger partial charge on any atom is 0.0439 e. The topological polar surface area (TPSA) is 12.0 Å². The summed E-state index contributed by atoms with van der Waals surface area (Å²) >= 11 is 12.1. The summed E-state index contributed by atoms with van der Waals surface area (Å²) in [5, 5.41) is 4.74. The van der Waals surface area contributed by atoms with E-state index in [9.17, 15) is 0 Å². The molecule has 0 amide bonds. The fourth-order valence-electron chi connectivity index (χ4n) is 1.75. The summed E-state index contributed by atoms with van der Waals surface area (Å²) in [5.41, 5.74) is 1.37. The lowest BCUT2D eigenvalue weighted by Crippen LogP contribution is -2.21. The molecule has 1 aromatic rings. The first-order valence-electron chi connectivity index (χ1n) is 5.53. The van der Waals surface area contributed by atoms with E-state index in [1.807, 2.05) is 25.2 Å². The lowest BCUT2D eigenvalue weighted by Gasteiger charge is -2.25. The summed E-state index contributed by atoms with van der Waals surface area (Å²) in [6.07, 6.45) is 2.07. The zero-order valence-electron chi connectivity index (χ0n) is 10.1. The van der Waals surface area contributed by atoms with Gasteiger partial charge >= 0.3 is 0 Å². The van der Waals surface area contributed by atoms with Crippen LogP contribution in [0.3, 0.4) is 0 Å². The van der Waals surface area contributed by atoms with Crippen LogP contribution in [0.5, 0.6) is 0 Å². The predicted molar refractivity (Wildman–Crippen MR) is 72.5 cm³/mol. The number of hydrogen-bond acceptors (Lipinski definition) is 1. The zero-order valence-corrected chi connectivity index (χ0v) is 11.6. The molecule has 0 radical (unpaired) electrons. The highest BCUT2D eigenvalue weighted by Crippen LogP contribution is 2.30. The van der Waals surface area contributed by atoms with Crippen molar-refractivity contribution in [1.82, 2.24) is 5.32 Å². The Morgan fingerprint density at radius 1 is 1.25 bits per heavy atom. The van der Waals surface area contributed by atoms with Crippen LogP contribution in [-0.2, 0) is 6.42 Å². The van der Waals surface area contributed by atoms with Crippen molar-refractivity contribution in [3.8, 4) is 0 Å². The largest absolute Gasteiger partial charge is 0.320 e. The third-order valence-electron chi connectivity index (χ3n) is 2.73. The van der Waals surface area contributed by atoms with E-state index in [0.717, 1.165) is 35.0 Å². The Bertz CT molecular complexity index is 348. The normalized spacial score (nSPS) is 11.8. The Morgan fingerprint density at radius 2 is 1.94 bits per heavy atom. The zero-order chi connectivity index (χ0) is 12.2. The molecule has 90 valence electrons. The maximum absolute atomic E-state index is 6.16. The van der Waals surface area contributed by atoms with Crippen LogP contribution in [0.1, 0.15) is 25.8 Å². The summed E-state index contributed by atoms with van der Waals surface area (Å²) in [5.74, 6) is 0. The molecular weight excluding hydrogens is 241 g/mol. The number of nitrogens with one attached hydrogen (secondary N) is 1. The highest BCUT2D eigenvalue weighted by molar-refractivity contribution is 6.33. The van der Waals surface area contributed by atoms with Crippen LogP contribution >= 0.6 is 23.2 Å². The molecule has 0 bridgehead atoms. The van der Waals surface area contributed by atoms with E-state index in [-0.39, 0.29) is 5.41 Å². The molecule has 0 atom stereocenters. The second-order valence-electron chi connectivity index (χ2n) is 4.93. The molecule has 1 nitrogen and oxygen atoms in total. The average Bonchev–Trinajstić information content (AvgIpc) is 2.20. The van der Waals surface area contributed by atoms with Crippen LogP contribution in [0.2, 0.25) is 10.0 Å². The van der Waals surface area contributed by atoms with Gasteiger partial charge in [-0.25, -0.2) is 0 Å². The number of halogens is 2. The third-order valence-corrected chi connectivity index (χ3v) is 3.33. The fourth-order valence-corrected chi connectivity index (χ4v) is 2.13. The van der Waals surface area contributed by atoms with Crippen molar-refractivity contribution in [2.24, 2.45) is 5.41 Å². The molecule has 0 aliphatic heterocycles. The molecule has 0 aromatic heterocycles. The SMILES string of the molecule is CNCCC(C)(C)Cc1cc(Cl)ccc1Cl. The molecule has 1 aromatic carbocycles. The van der Waals surface area contributed by atoms with E-state index in [4.69, 9.17) is 23.2 Å². The quantitative estimate of drug-likeness (QED) is 0.837. The summed E-state index contributed by atoms with van der Waals surface area (Å²) < 4.78 is 0. The van der Waals surface area contributed by atoms with E-state index in [2.05, 4.69) is 19.2 Å². The predicted octanol–water partition coefficient (Wildman–Crippen LogP) is 4.17. The van der Waals surface area contributed by atoms with Crippen molar-refractivity contribution < 1.29 is 0 Å². The van der Waals surface area contributed by atoms with Gasteiger partial charge in [0.2, 0.25) is 0 Å². The van der Waals surface area contributed by atoms with Gasteiger partial charge in [-0.15, -0.1) is 0 Å². The van der Waals surface area contributed by atoms with Crippen molar-refractivity contribution in [3.63, 3.8) is 0 Å². The van der Waals surface area contributed by atoms with Crippen LogP contribution in [-0.4, -0.2) is 13.6 Å². The van der Waals surface area contributed by atoms with Gasteiger partial charge in [0.1, 0.15) is 0 Å². The first kappa shape index (κ1) is 13.8. The number of hydrogen-bond donors (Lipinski definition) is 1. The third kappa shape index (κ3) is 4.32. The molecule has 0 saturated heterocycles. The van der Waals surface area contributed by atoms with Gasteiger partial charge in [0, 0.05) is 10.0 Å². The van der Waals surface area contributed by atoms with Crippen LogP contribution in [0.15, 0.2) is 18.2 Å². The molecule has 16 heavy (non-hydrogen) atoms. The van der Waals surface area contributed by atoms with Gasteiger partial charge in [0.15, 0.2) is 0 Å². The first-order chi connectivity index (χ1) is 7.44. The van der Waals surface area contributed by atoms with Crippen molar-refractivity contribution in [1.29, 1.82) is 0 Å². The summed E-state index contributed by atoms with van der Waals surface area (Å²) in [7, 11) is 1.97. The van der Waals surface area contributed by atoms with Gasteiger partial charge in [0.05, 0.1) is 0 Å². The standard InChI is InChI=1S/C13H19Cl2N/c1-13(2,6-7-16-3)9-10-8-11(14)4-5-12(10)15/h4-5,8,16H,6-7,9H2,1-3H3. The summed E-state index contributed by atoms with van der Waals surface area (Å²) in [6.45, 7) is 5.52. The van der Waals surface area contributed by atoms with Crippen molar-refractivity contribution >= 4 is 23.2 Å². The average molecular weight is 260 g/mol. The molecule has 0 aliphatic rings. The monoisotopic (exact) mass is 259 g/mol. The Hall–Kier alpha value is -0.240. The molecule has 0 aliphatic carbocycles. The molecule has 0 fully saturated rings. The molecule has 1 N–H and O–H groups in total. The van der Waals surface area contributed by atoms with Gasteiger partial charge in [0.25, 0.3) is 0 Å². The van der Waals surface area contributed by atoms with Crippen LogP contribution in [0.25, 0.3) is 0 Å². The van der Waals surface area contributed by atoms with Gasteiger partial charge in [-0.3, -0.25) is 0 Å². The molecule has 0 spiro atoms. The lowest BCUT2D eigenvalue weighted by atomic mass is 9.82. The van der Waals surface area contributed by atoms with Gasteiger partial charge in [-0.1, -0.05) is 37.0 Å². The summed E-state index contributed by atoms with van der Waals surface area (Å²) in [6, 6.07) is 5.66. The molecule has 3 heteroatoms. The summed E-state index contributed by atoms with van der Waals surface area (Å²) in [4.78, 5) is 0. The van der Waals surface area contributed by atoms with E-state index in [1.165, 1.54) is 0 Å². The van der Waals surface area contributed by atoms with Gasteiger partial charge in [-0.05, 0) is 55.6 Å². The minimum absolute atomic E-state index is 0.233. The molecule has 0 heterocycles. The minimum Gasteiger partial charge on any atom is -0.320 e. The highest BCUT2D eigenvalue weighted by atomic mass is 35.5. The second-order valence-corrected chi connectivity index (χ2v) is 5.77. The number of rotatable bonds is 5. The fraction of sp³-hybridized carbons (Fsp3) is 0.538. The Morgan fingerprint density at radius 3 is 2.56 bits per heavy atom. The van der Waals surface area contributed by atoms with Crippen LogP contribution in [0, 0.1) is 5.41 Å². The van der Waals surface area contributed by atoms with Crippen molar-refractivity contribution in [2.45, 2.75) is 26.7 Å². The minimum atomic E-state index is 0.233. The number of benzene rings is 1. The Balaban J connectivity index is 2.74. The van der Waals surface area contributed by atoms with E-state index in [1.54, 1.807) is 0 Å². The smallest absolute Gasteiger partial charge is 0.0439 e. The lowest BCUT2D eigenvalue weighted by molar-refractivity contribution is 0.329. The van der Waals surface area contributed by atoms with Crippen molar-refractivity contribution in [2.75, 3.05) is 13.6 Å². The highest BCUT2D eigenvalue weighted by Gasteiger charge is 2.19. The molecular formula is C13H19Cl2N. The first-order valence-corrected chi connectivity index (χ1v) is 6.29. The van der Waals surface area contributed by atoms with E-state index in [0.29, 0.717) is 0 Å². The van der Waals surface area contributed by atoms with Gasteiger partial charge in [-0.2, -0.15) is 0 Å². The maximum atomic E-state index is 6.16. The molecule has 0 saturated carbocycles. The van der Waals surface area contributed by atoms with Crippen LogP contribution in [0.4, 0.5) is 0 Å². The van der Waals surface area contributed by atoms with Gasteiger partial charge < -0.3 is 5.32 Å². The Labute approximate surface area is 108 Å². The molecule has 1 rings (SSSR count). The van der Waals surface area contributed by atoms with E-state index >= 15 is 0 Å². The van der Waals surface area contributed by atoms with Crippen LogP contribution < -0.4 is 5.32 Å². The Kier molecular flexibility index (Phi) is 5.10. The molecule has 0 unspecified atom stereocenters. The van der Waals surface area contributed by atoms with Crippen molar-refractivity contribution in [3.05, 3.63) is 33.8 Å². The second kappa shape index (κ2) is 5.90. The van der Waals surface area contributed by atoms with E-state index < -0.39 is 0 Å².